The highest BCUT2D eigenvalue weighted by Crippen LogP contribution is 2.37. The number of carbonyl (C=O) groups excluding carboxylic acids is 1. The lowest BCUT2D eigenvalue weighted by atomic mass is 10.1. The molecule has 0 aliphatic rings. The quantitative estimate of drug-likeness (QED) is 0.321. The lowest BCUT2D eigenvalue weighted by Crippen LogP contribution is -2.28. The molecule has 2 aromatic heterocycles. The highest BCUT2D eigenvalue weighted by molar-refractivity contribution is 6.05. The molecule has 2 N–H and O–H groups in total. The lowest BCUT2D eigenvalue weighted by Gasteiger charge is -2.23. The zero-order valence-corrected chi connectivity index (χ0v) is 22.1. The molecule has 0 atom stereocenters. The molecule has 0 saturated carbocycles. The van der Waals surface area contributed by atoms with Crippen molar-refractivity contribution in [1.82, 2.24) is 30.1 Å². The summed E-state index contributed by atoms with van der Waals surface area (Å²) in [7, 11) is 4.97. The molecule has 4 rings (SSSR count). The third-order valence-electron chi connectivity index (χ3n) is 6.45. The number of rotatable bonds is 8. The maximum atomic E-state index is 14.8. The highest BCUT2D eigenvalue weighted by atomic mass is 19.4. The van der Waals surface area contributed by atoms with Gasteiger partial charge in [0.1, 0.15) is 5.69 Å². The van der Waals surface area contributed by atoms with Gasteiger partial charge in [-0.25, -0.2) is 9.07 Å². The molecule has 0 unspecified atom stereocenters. The average molecular weight is 545 g/mol. The number of anilines is 2. The predicted octanol–water partition coefficient (Wildman–Crippen LogP) is 4.35. The summed E-state index contributed by atoms with van der Waals surface area (Å²) in [5.74, 6) is -2.06. The van der Waals surface area contributed by atoms with E-state index in [0.29, 0.717) is 24.0 Å². The van der Waals surface area contributed by atoms with Crippen LogP contribution in [0.2, 0.25) is 0 Å². The van der Waals surface area contributed by atoms with E-state index in [-0.39, 0.29) is 23.5 Å². The number of hydrogen-bond acceptors (Lipinski definition) is 6. The van der Waals surface area contributed by atoms with Gasteiger partial charge in [0.25, 0.3) is 5.91 Å². The molecular formula is C26H28F4N8O. The van der Waals surface area contributed by atoms with Crippen LogP contribution < -0.4 is 15.5 Å². The maximum Gasteiger partial charge on any atom is 0.419 e. The lowest BCUT2D eigenvalue weighted by molar-refractivity contribution is -0.139. The molecule has 39 heavy (non-hydrogen) atoms. The molecule has 1 amide bonds. The normalized spacial score (nSPS) is 11.6. The van der Waals surface area contributed by atoms with E-state index in [1.165, 1.54) is 22.7 Å². The maximum absolute atomic E-state index is 14.8. The fourth-order valence-corrected chi connectivity index (χ4v) is 4.02. The molecule has 2 aromatic carbocycles. The first-order valence-corrected chi connectivity index (χ1v) is 12.0. The number of aromatic nitrogens is 5. The zero-order valence-electron chi connectivity index (χ0n) is 22.1. The first-order chi connectivity index (χ1) is 18.4. The van der Waals surface area contributed by atoms with Gasteiger partial charge in [-0.2, -0.15) is 18.3 Å². The fraction of sp³-hybridized carbons (Fsp3) is 0.308. The van der Waals surface area contributed by atoms with E-state index in [1.54, 1.807) is 42.3 Å². The minimum Gasteiger partial charge on any atom is -0.371 e. The Kier molecular flexibility index (Phi) is 7.72. The largest absolute Gasteiger partial charge is 0.419 e. The van der Waals surface area contributed by atoms with E-state index in [0.717, 1.165) is 16.8 Å². The van der Waals surface area contributed by atoms with Gasteiger partial charge in [-0.05, 0) is 50.7 Å². The van der Waals surface area contributed by atoms with Gasteiger partial charge < -0.3 is 15.5 Å². The number of carbonyl (C=O) groups is 1. The number of nitrogens with one attached hydrogen (secondary N) is 2. The molecule has 0 bridgehead atoms. The molecule has 0 spiro atoms. The van der Waals surface area contributed by atoms with Crippen LogP contribution in [0.15, 0.2) is 42.7 Å². The van der Waals surface area contributed by atoms with Crippen molar-refractivity contribution in [3.05, 3.63) is 70.9 Å². The van der Waals surface area contributed by atoms with Crippen molar-refractivity contribution in [2.75, 3.05) is 37.4 Å². The van der Waals surface area contributed by atoms with E-state index in [9.17, 15) is 22.4 Å². The van der Waals surface area contributed by atoms with Crippen LogP contribution >= 0.6 is 0 Å². The molecular weight excluding hydrogens is 516 g/mol. The van der Waals surface area contributed by atoms with Gasteiger partial charge in [-0.1, -0.05) is 11.3 Å². The molecule has 0 saturated heterocycles. The van der Waals surface area contributed by atoms with E-state index >= 15 is 0 Å². The van der Waals surface area contributed by atoms with E-state index in [4.69, 9.17) is 0 Å². The Bertz CT molecular complexity index is 1510. The number of alkyl halides is 3. The number of hydrogen-bond donors (Lipinski definition) is 2. The summed E-state index contributed by atoms with van der Waals surface area (Å²) in [5.41, 5.74) is 1.91. The Morgan fingerprint density at radius 2 is 1.90 bits per heavy atom. The van der Waals surface area contributed by atoms with Crippen LogP contribution in [0.5, 0.6) is 0 Å². The van der Waals surface area contributed by atoms with Crippen molar-refractivity contribution in [3.8, 4) is 16.9 Å². The van der Waals surface area contributed by atoms with Gasteiger partial charge in [-0.3, -0.25) is 9.48 Å². The van der Waals surface area contributed by atoms with E-state index in [1.807, 2.05) is 20.9 Å². The molecule has 0 fully saturated rings. The molecule has 4 aromatic rings. The summed E-state index contributed by atoms with van der Waals surface area (Å²) < 4.78 is 58.9. The minimum absolute atomic E-state index is 0.174. The number of likely N-dealkylation sites (N-methyl/N-ethyl adjacent to an activating group) is 2. The Balaban J connectivity index is 1.65. The minimum atomic E-state index is -4.95. The van der Waals surface area contributed by atoms with Crippen LogP contribution in [0.3, 0.4) is 0 Å². The zero-order chi connectivity index (χ0) is 28.5. The second-order valence-electron chi connectivity index (χ2n) is 9.15. The number of benzene rings is 2. The van der Waals surface area contributed by atoms with Crippen LogP contribution in [0, 0.1) is 19.7 Å². The smallest absolute Gasteiger partial charge is 0.371 e. The molecule has 0 aliphatic heterocycles. The molecule has 206 valence electrons. The van der Waals surface area contributed by atoms with Crippen molar-refractivity contribution < 1.29 is 22.4 Å². The molecule has 9 nitrogen and oxygen atoms in total. The van der Waals surface area contributed by atoms with Crippen LogP contribution in [0.4, 0.5) is 28.9 Å². The first kappa shape index (κ1) is 27.8. The monoisotopic (exact) mass is 544 g/mol. The van der Waals surface area contributed by atoms with Crippen LogP contribution in [0.25, 0.3) is 16.9 Å². The third kappa shape index (κ3) is 5.77. The average Bonchev–Trinajstić information content (AvgIpc) is 3.49. The Morgan fingerprint density at radius 3 is 2.54 bits per heavy atom. The van der Waals surface area contributed by atoms with Gasteiger partial charge in [0, 0.05) is 49.7 Å². The topological polar surface area (TPSA) is 92.9 Å². The Morgan fingerprint density at radius 1 is 1.15 bits per heavy atom. The number of amides is 1. The SMILES string of the molecule is CNCCN(C)c1cc(NC(=O)c2ccc(C)c(-n3cc(-c4cnn(C)c4C)nn3)c2)cc(C(F)(F)F)c1F. The Hall–Kier alpha value is -4.26. The van der Waals surface area contributed by atoms with Crippen molar-refractivity contribution in [2.24, 2.45) is 7.05 Å². The van der Waals surface area contributed by atoms with Crippen LogP contribution in [-0.4, -0.2) is 57.9 Å². The van der Waals surface area contributed by atoms with Gasteiger partial charge in [0.05, 0.1) is 29.3 Å². The van der Waals surface area contributed by atoms with Crippen molar-refractivity contribution in [3.63, 3.8) is 0 Å². The standard InChI is InChI=1S/C26H28F4N8O/c1-15-6-7-17(10-22(15)38-14-21(34-35-38)19-13-32-37(5)16(19)2)25(39)33-18-11-20(26(28,29)30)24(27)23(12-18)36(4)9-8-31-3/h6-7,10-14,31H,8-9H2,1-5H3,(H,33,39). The molecule has 13 heteroatoms. The second kappa shape index (κ2) is 10.8. The summed E-state index contributed by atoms with van der Waals surface area (Å²) in [6.45, 7) is 4.41. The fourth-order valence-electron chi connectivity index (χ4n) is 4.02. The first-order valence-electron chi connectivity index (χ1n) is 12.0. The predicted molar refractivity (Wildman–Crippen MR) is 140 cm³/mol. The number of aryl methyl sites for hydroxylation is 2. The van der Waals surface area contributed by atoms with E-state index in [2.05, 4.69) is 26.0 Å². The molecule has 2 heterocycles. The summed E-state index contributed by atoms with van der Waals surface area (Å²) in [6, 6.07) is 6.59. The van der Waals surface area contributed by atoms with Gasteiger partial charge >= 0.3 is 6.18 Å². The van der Waals surface area contributed by atoms with Gasteiger partial charge in [0.15, 0.2) is 5.82 Å². The van der Waals surface area contributed by atoms with Crippen molar-refractivity contribution in [1.29, 1.82) is 0 Å². The van der Waals surface area contributed by atoms with E-state index < -0.39 is 23.5 Å². The van der Waals surface area contributed by atoms with Crippen molar-refractivity contribution in [2.45, 2.75) is 20.0 Å². The summed E-state index contributed by atoms with van der Waals surface area (Å²) in [4.78, 5) is 14.5. The summed E-state index contributed by atoms with van der Waals surface area (Å²) in [5, 5.41) is 18.0. The van der Waals surface area contributed by atoms with Gasteiger partial charge in [0.2, 0.25) is 0 Å². The number of nitrogens with zero attached hydrogens (tertiary/aromatic N) is 6. The second-order valence-corrected chi connectivity index (χ2v) is 9.15. The number of halogens is 4. The molecule has 0 radical (unpaired) electrons. The third-order valence-corrected chi connectivity index (χ3v) is 6.45. The summed E-state index contributed by atoms with van der Waals surface area (Å²) in [6.07, 6.45) is -1.56. The van der Waals surface area contributed by atoms with Crippen molar-refractivity contribution >= 4 is 17.3 Å². The highest BCUT2D eigenvalue weighted by Gasteiger charge is 2.36. The Labute approximate surface area is 222 Å². The van der Waals surface area contributed by atoms with Gasteiger partial charge in [-0.15, -0.1) is 5.10 Å². The van der Waals surface area contributed by atoms with Crippen LogP contribution in [0.1, 0.15) is 27.2 Å². The van der Waals surface area contributed by atoms with Crippen LogP contribution in [-0.2, 0) is 13.2 Å². The summed E-state index contributed by atoms with van der Waals surface area (Å²) >= 11 is 0. The molecule has 0 aliphatic carbocycles.